The van der Waals surface area contributed by atoms with Gasteiger partial charge in [0.1, 0.15) is 5.58 Å². The Morgan fingerprint density at radius 3 is 2.72 bits per heavy atom. The Labute approximate surface area is 171 Å². The summed E-state index contributed by atoms with van der Waals surface area (Å²) in [6.07, 6.45) is 3.30. The summed E-state index contributed by atoms with van der Waals surface area (Å²) in [6.45, 7) is 4.15. The molecule has 0 bridgehead atoms. The van der Waals surface area contributed by atoms with Gasteiger partial charge in [0, 0.05) is 17.2 Å². The summed E-state index contributed by atoms with van der Waals surface area (Å²) in [5.74, 6) is 0.589. The molecule has 1 aliphatic rings. The van der Waals surface area contributed by atoms with Crippen molar-refractivity contribution < 1.29 is 4.42 Å². The van der Waals surface area contributed by atoms with E-state index in [0.29, 0.717) is 16.5 Å². The molecule has 0 amide bonds. The molecular weight excluding hydrogens is 384 g/mol. The summed E-state index contributed by atoms with van der Waals surface area (Å²) < 4.78 is 7.21. The van der Waals surface area contributed by atoms with E-state index in [1.54, 1.807) is 10.7 Å². The van der Waals surface area contributed by atoms with Gasteiger partial charge in [-0.2, -0.15) is 4.68 Å². The third-order valence-corrected chi connectivity index (χ3v) is 6.54. The highest BCUT2D eigenvalue weighted by molar-refractivity contribution is 7.98. The minimum atomic E-state index is -0.320. The number of aryl methyl sites for hydroxylation is 4. The quantitative estimate of drug-likeness (QED) is 0.375. The standard InChI is InChI=1S/C22H20N4O2S/c1-13-6-7-18(8-14(13)2)26-22(23-24-25-26)29-12-17-11-21(27)28-20-10-16-5-3-4-15(16)9-19(17)20/h6-11H,3-5,12H2,1-2H3. The van der Waals surface area contributed by atoms with Crippen LogP contribution in [-0.2, 0) is 18.6 Å². The molecular formula is C22H20N4O2S. The molecule has 0 saturated carbocycles. The van der Waals surface area contributed by atoms with Crippen molar-refractivity contribution in [3.05, 3.63) is 74.6 Å². The fraction of sp³-hybridized carbons (Fsp3) is 0.273. The monoisotopic (exact) mass is 404 g/mol. The van der Waals surface area contributed by atoms with E-state index >= 15 is 0 Å². The Balaban J connectivity index is 1.48. The maximum Gasteiger partial charge on any atom is 0.336 e. The van der Waals surface area contributed by atoms with E-state index in [0.717, 1.165) is 35.9 Å². The third kappa shape index (κ3) is 3.35. The van der Waals surface area contributed by atoms with Crippen LogP contribution in [-0.4, -0.2) is 20.2 Å². The predicted octanol–water partition coefficient (Wildman–Crippen LogP) is 4.17. The minimum Gasteiger partial charge on any atom is -0.423 e. The van der Waals surface area contributed by atoms with Gasteiger partial charge in [0.2, 0.25) is 5.16 Å². The first kappa shape index (κ1) is 18.1. The number of thioether (sulfide) groups is 1. The molecule has 2 heterocycles. The molecule has 0 atom stereocenters. The van der Waals surface area contributed by atoms with Crippen LogP contribution in [0.15, 0.2) is 50.8 Å². The molecule has 0 saturated heterocycles. The van der Waals surface area contributed by atoms with E-state index < -0.39 is 0 Å². The number of hydrogen-bond acceptors (Lipinski definition) is 6. The van der Waals surface area contributed by atoms with Crippen LogP contribution >= 0.6 is 11.8 Å². The lowest BCUT2D eigenvalue weighted by Crippen LogP contribution is -2.02. The summed E-state index contributed by atoms with van der Waals surface area (Å²) >= 11 is 1.51. The van der Waals surface area contributed by atoms with Crippen LogP contribution in [0.4, 0.5) is 0 Å². The maximum absolute atomic E-state index is 12.1. The molecule has 6 nitrogen and oxygen atoms in total. The zero-order chi connectivity index (χ0) is 20.0. The molecule has 146 valence electrons. The van der Waals surface area contributed by atoms with Crippen LogP contribution in [0.3, 0.4) is 0 Å². The number of nitrogens with zero attached hydrogens (tertiary/aromatic N) is 4. The van der Waals surface area contributed by atoms with Crippen molar-refractivity contribution in [2.45, 2.75) is 44.0 Å². The largest absolute Gasteiger partial charge is 0.423 e. The summed E-state index contributed by atoms with van der Waals surface area (Å²) in [5.41, 5.74) is 7.30. The first-order chi connectivity index (χ1) is 14.1. The summed E-state index contributed by atoms with van der Waals surface area (Å²) in [5, 5.41) is 13.9. The fourth-order valence-electron chi connectivity index (χ4n) is 3.84. The molecule has 2 aromatic heterocycles. The van der Waals surface area contributed by atoms with Gasteiger partial charge < -0.3 is 4.42 Å². The highest BCUT2D eigenvalue weighted by Gasteiger charge is 2.16. The smallest absolute Gasteiger partial charge is 0.336 e. The fourth-order valence-corrected chi connectivity index (χ4v) is 4.73. The number of tetrazole rings is 1. The lowest BCUT2D eigenvalue weighted by atomic mass is 10.0. The van der Waals surface area contributed by atoms with Gasteiger partial charge in [-0.25, -0.2) is 4.79 Å². The summed E-state index contributed by atoms with van der Waals surface area (Å²) in [6, 6.07) is 12.0. The van der Waals surface area contributed by atoms with Crippen molar-refractivity contribution in [2.24, 2.45) is 0 Å². The maximum atomic E-state index is 12.1. The van der Waals surface area contributed by atoms with E-state index in [9.17, 15) is 4.79 Å². The molecule has 2 aromatic carbocycles. The van der Waals surface area contributed by atoms with Crippen molar-refractivity contribution in [3.63, 3.8) is 0 Å². The molecule has 0 unspecified atom stereocenters. The third-order valence-electron chi connectivity index (χ3n) is 5.58. The molecule has 7 heteroatoms. The molecule has 0 radical (unpaired) electrons. The van der Waals surface area contributed by atoms with E-state index in [1.807, 2.05) is 12.1 Å². The SMILES string of the molecule is Cc1ccc(-n2nnnc2SCc2cc(=O)oc3cc4c(cc23)CCC4)cc1C. The summed E-state index contributed by atoms with van der Waals surface area (Å²) in [7, 11) is 0. The molecule has 29 heavy (non-hydrogen) atoms. The zero-order valence-electron chi connectivity index (χ0n) is 16.3. The van der Waals surface area contributed by atoms with Crippen LogP contribution in [0.25, 0.3) is 16.7 Å². The van der Waals surface area contributed by atoms with E-state index in [2.05, 4.69) is 47.6 Å². The van der Waals surface area contributed by atoms with Gasteiger partial charge >= 0.3 is 5.63 Å². The average molecular weight is 404 g/mol. The average Bonchev–Trinajstić information content (AvgIpc) is 3.35. The Morgan fingerprint density at radius 1 is 1.07 bits per heavy atom. The first-order valence-electron chi connectivity index (χ1n) is 9.66. The number of benzene rings is 2. The Bertz CT molecular complexity index is 1290. The minimum absolute atomic E-state index is 0.320. The molecule has 4 aromatic rings. The van der Waals surface area contributed by atoms with Gasteiger partial charge in [-0.05, 0) is 95.6 Å². The van der Waals surface area contributed by atoms with Gasteiger partial charge in [-0.1, -0.05) is 17.8 Å². The van der Waals surface area contributed by atoms with Crippen LogP contribution in [0.2, 0.25) is 0 Å². The second-order valence-corrected chi connectivity index (χ2v) is 8.43. The van der Waals surface area contributed by atoms with E-state index in [4.69, 9.17) is 4.42 Å². The molecule has 0 spiro atoms. The second kappa shape index (κ2) is 7.15. The predicted molar refractivity (Wildman–Crippen MR) is 113 cm³/mol. The summed E-state index contributed by atoms with van der Waals surface area (Å²) in [4.78, 5) is 12.1. The Morgan fingerprint density at radius 2 is 1.90 bits per heavy atom. The van der Waals surface area contributed by atoms with Gasteiger partial charge in [0.25, 0.3) is 0 Å². The number of hydrogen-bond donors (Lipinski definition) is 0. The normalized spacial score (nSPS) is 13.2. The molecule has 5 rings (SSSR count). The van der Waals surface area contributed by atoms with Gasteiger partial charge in [-0.15, -0.1) is 5.10 Å². The van der Waals surface area contributed by atoms with E-state index in [1.165, 1.54) is 34.0 Å². The lowest BCUT2D eigenvalue weighted by molar-refractivity contribution is 0.559. The lowest BCUT2D eigenvalue weighted by Gasteiger charge is -2.09. The van der Waals surface area contributed by atoms with Crippen LogP contribution in [0.1, 0.15) is 34.2 Å². The van der Waals surface area contributed by atoms with Crippen LogP contribution < -0.4 is 5.63 Å². The van der Waals surface area contributed by atoms with Crippen molar-refractivity contribution in [3.8, 4) is 5.69 Å². The Kier molecular flexibility index (Phi) is 4.47. The molecule has 0 N–H and O–H groups in total. The highest BCUT2D eigenvalue weighted by atomic mass is 32.2. The number of fused-ring (bicyclic) bond motifs is 2. The topological polar surface area (TPSA) is 73.8 Å². The first-order valence-corrected chi connectivity index (χ1v) is 10.6. The van der Waals surface area contributed by atoms with Crippen molar-refractivity contribution in [2.75, 3.05) is 0 Å². The highest BCUT2D eigenvalue weighted by Crippen LogP contribution is 2.31. The van der Waals surface area contributed by atoms with E-state index in [-0.39, 0.29) is 5.63 Å². The van der Waals surface area contributed by atoms with Crippen molar-refractivity contribution >= 4 is 22.7 Å². The molecule has 1 aliphatic carbocycles. The van der Waals surface area contributed by atoms with Gasteiger partial charge in [0.15, 0.2) is 0 Å². The van der Waals surface area contributed by atoms with Crippen molar-refractivity contribution in [1.82, 2.24) is 20.2 Å². The Hall–Kier alpha value is -2.93. The zero-order valence-corrected chi connectivity index (χ0v) is 17.1. The molecule has 0 fully saturated rings. The molecule has 0 aliphatic heterocycles. The number of rotatable bonds is 4. The van der Waals surface area contributed by atoms with Gasteiger partial charge in [0.05, 0.1) is 5.69 Å². The van der Waals surface area contributed by atoms with Gasteiger partial charge in [-0.3, -0.25) is 0 Å². The van der Waals surface area contributed by atoms with Crippen LogP contribution in [0.5, 0.6) is 0 Å². The van der Waals surface area contributed by atoms with Crippen LogP contribution in [0, 0.1) is 13.8 Å². The second-order valence-electron chi connectivity index (χ2n) is 7.49. The number of aromatic nitrogens is 4. The van der Waals surface area contributed by atoms with Crippen molar-refractivity contribution in [1.29, 1.82) is 0 Å².